The number of aliphatic hydroxyl groups is 1. The average molecular weight is 389 g/mol. The summed E-state index contributed by atoms with van der Waals surface area (Å²) in [4.78, 5) is 18.6. The lowest BCUT2D eigenvalue weighted by Crippen LogP contribution is -2.56. The molecule has 144 valence electrons. The number of nitrogens with zero attached hydrogens (tertiary/aromatic N) is 3. The molecular formula is C18H14F3N5O2. The Balaban J connectivity index is 1.80. The number of rotatable bonds is 2. The third-order valence-electron chi connectivity index (χ3n) is 4.60. The molecule has 2 aromatic carbocycles. The van der Waals surface area contributed by atoms with Crippen molar-refractivity contribution in [3.63, 3.8) is 0 Å². The number of aromatic amines is 1. The molecule has 1 aliphatic rings. The van der Waals surface area contributed by atoms with Crippen LogP contribution in [0.3, 0.4) is 0 Å². The van der Waals surface area contributed by atoms with E-state index in [1.54, 1.807) is 30.3 Å². The summed E-state index contributed by atoms with van der Waals surface area (Å²) >= 11 is 0. The molecule has 0 aliphatic carbocycles. The average Bonchev–Trinajstić information content (AvgIpc) is 3.24. The number of benzene rings is 2. The number of nitrogen functional groups attached to an aromatic ring is 1. The molecular weight excluding hydrogens is 375 g/mol. The first-order valence-electron chi connectivity index (χ1n) is 8.20. The maximum absolute atomic E-state index is 13.7. The van der Waals surface area contributed by atoms with Crippen molar-refractivity contribution >= 4 is 28.2 Å². The molecule has 10 heteroatoms. The standard InChI is InChI=1S/C18H14F3N5O2/c19-18(20,21)17(28)8-13(12-6-5-10-3-1-2-4-11(10)7-12)25-26(17)16(27)14-15(22)24-9-23-14/h1-7,9,28H,8,22H2,(H,23,24)/t17-/m1/s1. The number of hydrazone groups is 1. The largest absolute Gasteiger partial charge is 0.438 e. The van der Waals surface area contributed by atoms with Crippen molar-refractivity contribution in [3.8, 4) is 0 Å². The Morgan fingerprint density at radius 2 is 1.93 bits per heavy atom. The number of carbonyl (C=O) groups excluding carboxylic acids is 1. The van der Waals surface area contributed by atoms with Crippen LogP contribution in [0.15, 0.2) is 53.9 Å². The van der Waals surface area contributed by atoms with E-state index in [9.17, 15) is 23.1 Å². The summed E-state index contributed by atoms with van der Waals surface area (Å²) in [6, 6.07) is 12.3. The molecule has 1 aliphatic heterocycles. The molecule has 0 bridgehead atoms. The monoisotopic (exact) mass is 389 g/mol. The second-order valence-corrected chi connectivity index (χ2v) is 6.38. The van der Waals surface area contributed by atoms with Crippen LogP contribution >= 0.6 is 0 Å². The fraction of sp³-hybridized carbons (Fsp3) is 0.167. The highest BCUT2D eigenvalue weighted by atomic mass is 19.4. The molecule has 2 heterocycles. The zero-order valence-electron chi connectivity index (χ0n) is 14.2. The van der Waals surface area contributed by atoms with Crippen molar-refractivity contribution < 1.29 is 23.1 Å². The summed E-state index contributed by atoms with van der Waals surface area (Å²) in [6.45, 7) is 0. The first-order valence-corrected chi connectivity index (χ1v) is 8.20. The van der Waals surface area contributed by atoms with Crippen molar-refractivity contribution in [1.82, 2.24) is 15.0 Å². The number of hydrogen-bond acceptors (Lipinski definition) is 5. The SMILES string of the molecule is Nc1nc[nH]c1C(=O)N1N=C(c2ccc3ccccc3c2)C[C@@]1(O)C(F)(F)F. The Bertz CT molecular complexity index is 1110. The molecule has 3 aromatic rings. The van der Waals surface area contributed by atoms with Crippen LogP contribution in [0.25, 0.3) is 10.8 Å². The van der Waals surface area contributed by atoms with Gasteiger partial charge < -0.3 is 15.8 Å². The van der Waals surface area contributed by atoms with Crippen LogP contribution < -0.4 is 5.73 Å². The number of H-pyrrole nitrogens is 1. The van der Waals surface area contributed by atoms with Gasteiger partial charge in [-0.05, 0) is 22.4 Å². The molecule has 28 heavy (non-hydrogen) atoms. The van der Waals surface area contributed by atoms with Crippen LogP contribution in [0.5, 0.6) is 0 Å². The lowest BCUT2D eigenvalue weighted by molar-refractivity contribution is -0.297. The van der Waals surface area contributed by atoms with Crippen LogP contribution in [-0.2, 0) is 0 Å². The van der Waals surface area contributed by atoms with Gasteiger partial charge in [0.2, 0.25) is 0 Å². The van der Waals surface area contributed by atoms with E-state index < -0.39 is 24.2 Å². The number of fused-ring (bicyclic) bond motifs is 1. The molecule has 4 N–H and O–H groups in total. The second kappa shape index (κ2) is 6.06. The Hall–Kier alpha value is -3.40. The van der Waals surface area contributed by atoms with Gasteiger partial charge in [0, 0.05) is 0 Å². The topological polar surface area (TPSA) is 108 Å². The Morgan fingerprint density at radius 3 is 2.57 bits per heavy atom. The minimum Gasteiger partial charge on any atom is -0.382 e. The van der Waals surface area contributed by atoms with Gasteiger partial charge in [0.15, 0.2) is 5.82 Å². The number of halogens is 3. The maximum atomic E-state index is 13.7. The smallest absolute Gasteiger partial charge is 0.382 e. The van der Waals surface area contributed by atoms with Crippen LogP contribution in [0.2, 0.25) is 0 Å². The molecule has 0 saturated heterocycles. The van der Waals surface area contributed by atoms with Crippen LogP contribution in [-0.4, -0.2) is 43.6 Å². The maximum Gasteiger partial charge on any atom is 0.438 e. The lowest BCUT2D eigenvalue weighted by atomic mass is 9.98. The summed E-state index contributed by atoms with van der Waals surface area (Å²) in [5, 5.41) is 15.9. The number of amides is 1. The van der Waals surface area contributed by atoms with Crippen LogP contribution in [0.1, 0.15) is 22.5 Å². The highest BCUT2D eigenvalue weighted by Gasteiger charge is 2.63. The van der Waals surface area contributed by atoms with Crippen LogP contribution in [0.4, 0.5) is 19.0 Å². The van der Waals surface area contributed by atoms with Gasteiger partial charge in [-0.2, -0.15) is 23.3 Å². The summed E-state index contributed by atoms with van der Waals surface area (Å²) in [6.07, 6.45) is -4.98. The molecule has 0 fully saturated rings. The number of nitrogens with two attached hydrogens (primary N) is 1. The number of hydrogen-bond donors (Lipinski definition) is 3. The van der Waals surface area contributed by atoms with Gasteiger partial charge in [-0.3, -0.25) is 4.79 Å². The van der Waals surface area contributed by atoms with Gasteiger partial charge in [-0.25, -0.2) is 4.98 Å². The first-order chi connectivity index (χ1) is 13.2. The number of nitrogens with one attached hydrogen (secondary N) is 1. The van der Waals surface area contributed by atoms with E-state index in [0.29, 0.717) is 5.56 Å². The number of imidazole rings is 1. The molecule has 0 spiro atoms. The van der Waals surface area contributed by atoms with Crippen molar-refractivity contribution in [2.45, 2.75) is 18.3 Å². The van der Waals surface area contributed by atoms with E-state index in [4.69, 9.17) is 5.73 Å². The molecule has 1 aromatic heterocycles. The van der Waals surface area contributed by atoms with Gasteiger partial charge in [-0.15, -0.1) is 0 Å². The Labute approximate surface area is 156 Å². The Morgan fingerprint density at radius 1 is 1.21 bits per heavy atom. The molecule has 1 amide bonds. The zero-order valence-corrected chi connectivity index (χ0v) is 14.2. The van der Waals surface area contributed by atoms with Crippen molar-refractivity contribution in [1.29, 1.82) is 0 Å². The zero-order chi connectivity index (χ0) is 20.1. The molecule has 0 radical (unpaired) electrons. The quantitative estimate of drug-likeness (QED) is 0.626. The number of alkyl halides is 3. The third-order valence-corrected chi connectivity index (χ3v) is 4.60. The molecule has 4 rings (SSSR count). The van der Waals surface area contributed by atoms with E-state index in [-0.39, 0.29) is 22.2 Å². The molecule has 7 nitrogen and oxygen atoms in total. The fourth-order valence-electron chi connectivity index (χ4n) is 3.09. The number of anilines is 1. The minimum atomic E-state index is -5.14. The third kappa shape index (κ3) is 2.69. The highest BCUT2D eigenvalue weighted by Crippen LogP contribution is 2.42. The second-order valence-electron chi connectivity index (χ2n) is 6.38. The van der Waals surface area contributed by atoms with Gasteiger partial charge in [0.25, 0.3) is 11.6 Å². The van der Waals surface area contributed by atoms with E-state index >= 15 is 0 Å². The molecule has 1 atom stereocenters. The van der Waals surface area contributed by atoms with Gasteiger partial charge in [-0.1, -0.05) is 36.4 Å². The van der Waals surface area contributed by atoms with Crippen molar-refractivity contribution in [2.24, 2.45) is 5.10 Å². The predicted octanol–water partition coefficient (Wildman–Crippen LogP) is 2.65. The Kier molecular flexibility index (Phi) is 3.89. The summed E-state index contributed by atoms with van der Waals surface area (Å²) in [7, 11) is 0. The number of carbonyl (C=O) groups is 1. The summed E-state index contributed by atoms with van der Waals surface area (Å²) in [5.41, 5.74) is 1.93. The lowest BCUT2D eigenvalue weighted by Gasteiger charge is -2.32. The molecule has 0 unspecified atom stereocenters. The summed E-state index contributed by atoms with van der Waals surface area (Å²) in [5.74, 6) is -1.52. The summed E-state index contributed by atoms with van der Waals surface area (Å²) < 4.78 is 41.0. The fourth-order valence-corrected chi connectivity index (χ4v) is 3.09. The van der Waals surface area contributed by atoms with Crippen molar-refractivity contribution in [2.75, 3.05) is 5.73 Å². The van der Waals surface area contributed by atoms with Gasteiger partial charge in [0.1, 0.15) is 5.69 Å². The van der Waals surface area contributed by atoms with E-state index in [0.717, 1.165) is 17.1 Å². The highest BCUT2D eigenvalue weighted by molar-refractivity contribution is 6.07. The normalized spacial score (nSPS) is 19.9. The van der Waals surface area contributed by atoms with Gasteiger partial charge in [0.05, 0.1) is 18.5 Å². The van der Waals surface area contributed by atoms with Crippen molar-refractivity contribution in [3.05, 3.63) is 60.0 Å². The predicted molar refractivity (Wildman–Crippen MR) is 95.3 cm³/mol. The van der Waals surface area contributed by atoms with Crippen LogP contribution in [0, 0.1) is 0 Å². The molecule has 0 saturated carbocycles. The first kappa shape index (κ1) is 18.0. The van der Waals surface area contributed by atoms with E-state index in [1.165, 1.54) is 0 Å². The van der Waals surface area contributed by atoms with Gasteiger partial charge >= 0.3 is 6.18 Å². The minimum absolute atomic E-state index is 0.0153. The number of aromatic nitrogens is 2. The van der Waals surface area contributed by atoms with E-state index in [2.05, 4.69) is 15.1 Å². The van der Waals surface area contributed by atoms with E-state index in [1.807, 2.05) is 12.1 Å².